The van der Waals surface area contributed by atoms with Gasteiger partial charge >= 0.3 is 6.03 Å². The van der Waals surface area contributed by atoms with E-state index in [4.69, 9.17) is 4.74 Å². The van der Waals surface area contributed by atoms with E-state index in [2.05, 4.69) is 15.3 Å². The fraction of sp³-hybridized carbons (Fsp3) is 0.444. The first-order valence-electron chi connectivity index (χ1n) is 8.41. The van der Waals surface area contributed by atoms with Crippen LogP contribution in [0.3, 0.4) is 0 Å². The number of aromatic amines is 1. The van der Waals surface area contributed by atoms with Gasteiger partial charge < -0.3 is 25.0 Å². The lowest BCUT2D eigenvalue weighted by molar-refractivity contribution is -0.0255. The van der Waals surface area contributed by atoms with Crippen LogP contribution in [0, 0.1) is 5.41 Å². The monoisotopic (exact) mass is 344 g/mol. The molecule has 7 nitrogen and oxygen atoms in total. The van der Waals surface area contributed by atoms with Crippen molar-refractivity contribution in [2.24, 2.45) is 5.41 Å². The van der Waals surface area contributed by atoms with Crippen molar-refractivity contribution in [3.63, 3.8) is 0 Å². The van der Waals surface area contributed by atoms with Crippen LogP contribution in [0.5, 0.6) is 0 Å². The van der Waals surface area contributed by atoms with Gasteiger partial charge in [-0.15, -0.1) is 0 Å². The molecule has 25 heavy (non-hydrogen) atoms. The Morgan fingerprint density at radius 2 is 2.24 bits per heavy atom. The van der Waals surface area contributed by atoms with Crippen LogP contribution in [0.15, 0.2) is 36.8 Å². The summed E-state index contributed by atoms with van der Waals surface area (Å²) in [5.74, 6) is 0. The van der Waals surface area contributed by atoms with Crippen LogP contribution in [0.1, 0.15) is 12.8 Å². The second-order valence-electron chi connectivity index (χ2n) is 6.60. The van der Waals surface area contributed by atoms with E-state index >= 15 is 0 Å². The van der Waals surface area contributed by atoms with Gasteiger partial charge in [-0.2, -0.15) is 0 Å². The number of hydrogen-bond acceptors (Lipinski definition) is 4. The van der Waals surface area contributed by atoms with Crippen LogP contribution >= 0.6 is 0 Å². The second-order valence-corrected chi connectivity index (χ2v) is 6.60. The number of anilines is 1. The van der Waals surface area contributed by atoms with Crippen molar-refractivity contribution in [2.45, 2.75) is 12.8 Å². The standard InChI is InChI=1S/C18H24N4O3/c1-22(11-18(12-23)5-7-25-8-6-18)17(24)21-15-4-2-3-14(9-15)16-10-19-13-20-16/h2-4,9-10,13,23H,5-8,11-12H2,1H3,(H,19,20)(H,21,24). The van der Waals surface area contributed by atoms with Crippen molar-refractivity contribution in [2.75, 3.05) is 38.7 Å². The first-order valence-corrected chi connectivity index (χ1v) is 8.41. The summed E-state index contributed by atoms with van der Waals surface area (Å²) in [6.45, 7) is 1.81. The zero-order valence-corrected chi connectivity index (χ0v) is 14.4. The molecule has 1 aromatic carbocycles. The number of aliphatic hydroxyl groups is 1. The third kappa shape index (κ3) is 4.18. The molecule has 0 unspecified atom stereocenters. The van der Waals surface area contributed by atoms with E-state index in [1.165, 1.54) is 0 Å². The Hall–Kier alpha value is -2.38. The molecular weight excluding hydrogens is 320 g/mol. The normalized spacial score (nSPS) is 16.4. The lowest BCUT2D eigenvalue weighted by atomic mass is 9.80. The molecule has 0 spiro atoms. The fourth-order valence-corrected chi connectivity index (χ4v) is 3.14. The predicted molar refractivity (Wildman–Crippen MR) is 95.2 cm³/mol. The van der Waals surface area contributed by atoms with Crippen molar-refractivity contribution in [3.05, 3.63) is 36.8 Å². The number of H-pyrrole nitrogens is 1. The molecule has 3 N–H and O–H groups in total. The van der Waals surface area contributed by atoms with Gasteiger partial charge in [0, 0.05) is 43.5 Å². The number of carbonyl (C=O) groups excluding carboxylic acids is 1. The van der Waals surface area contributed by atoms with E-state index in [0.717, 1.165) is 24.1 Å². The molecule has 2 heterocycles. The zero-order chi connectivity index (χ0) is 17.7. The number of aliphatic hydroxyl groups excluding tert-OH is 1. The average Bonchev–Trinajstić information content (AvgIpc) is 3.17. The van der Waals surface area contributed by atoms with Gasteiger partial charge in [-0.05, 0) is 25.0 Å². The number of amides is 2. The Bertz CT molecular complexity index is 696. The molecule has 0 aliphatic carbocycles. The molecule has 1 aromatic heterocycles. The molecule has 134 valence electrons. The van der Waals surface area contributed by atoms with Crippen LogP contribution in [0.4, 0.5) is 10.5 Å². The summed E-state index contributed by atoms with van der Waals surface area (Å²) in [4.78, 5) is 21.2. The Morgan fingerprint density at radius 1 is 1.44 bits per heavy atom. The third-order valence-electron chi connectivity index (χ3n) is 4.73. The van der Waals surface area contributed by atoms with Crippen LogP contribution < -0.4 is 5.32 Å². The summed E-state index contributed by atoms with van der Waals surface area (Å²) < 4.78 is 5.37. The minimum Gasteiger partial charge on any atom is -0.396 e. The van der Waals surface area contributed by atoms with Crippen molar-refractivity contribution >= 4 is 11.7 Å². The van der Waals surface area contributed by atoms with E-state index in [1.807, 2.05) is 24.3 Å². The van der Waals surface area contributed by atoms with Gasteiger partial charge in [-0.3, -0.25) is 0 Å². The summed E-state index contributed by atoms with van der Waals surface area (Å²) in [6, 6.07) is 7.40. The van der Waals surface area contributed by atoms with Crippen molar-refractivity contribution in [1.29, 1.82) is 0 Å². The average molecular weight is 344 g/mol. The summed E-state index contributed by atoms with van der Waals surface area (Å²) in [5.41, 5.74) is 2.29. The van der Waals surface area contributed by atoms with E-state index < -0.39 is 0 Å². The lowest BCUT2D eigenvalue weighted by Crippen LogP contribution is -2.45. The number of rotatable bonds is 5. The summed E-state index contributed by atoms with van der Waals surface area (Å²) in [6.07, 6.45) is 4.88. The first kappa shape index (κ1) is 17.4. The maximum absolute atomic E-state index is 12.5. The fourth-order valence-electron chi connectivity index (χ4n) is 3.14. The number of hydrogen-bond donors (Lipinski definition) is 3. The van der Waals surface area contributed by atoms with Crippen molar-refractivity contribution < 1.29 is 14.6 Å². The van der Waals surface area contributed by atoms with Crippen molar-refractivity contribution in [1.82, 2.24) is 14.9 Å². The van der Waals surface area contributed by atoms with Gasteiger partial charge in [0.1, 0.15) is 0 Å². The minimum absolute atomic E-state index is 0.0588. The molecular formula is C18H24N4O3. The van der Waals surface area contributed by atoms with E-state index in [9.17, 15) is 9.90 Å². The van der Waals surface area contributed by atoms with Gasteiger partial charge in [-0.1, -0.05) is 12.1 Å². The largest absolute Gasteiger partial charge is 0.396 e. The minimum atomic E-state index is -0.276. The maximum atomic E-state index is 12.5. The van der Waals surface area contributed by atoms with E-state index in [1.54, 1.807) is 24.5 Å². The smallest absolute Gasteiger partial charge is 0.321 e. The van der Waals surface area contributed by atoms with Gasteiger partial charge in [0.2, 0.25) is 0 Å². The van der Waals surface area contributed by atoms with Gasteiger partial charge in [0.25, 0.3) is 0 Å². The number of benzene rings is 1. The Labute approximate surface area is 147 Å². The number of nitrogens with one attached hydrogen (secondary N) is 2. The molecule has 1 aliphatic rings. The second kappa shape index (κ2) is 7.67. The number of carbonyl (C=O) groups is 1. The molecule has 2 aromatic rings. The quantitative estimate of drug-likeness (QED) is 0.776. The SMILES string of the molecule is CN(CC1(CO)CCOCC1)C(=O)Nc1cccc(-c2cnc[nH]2)c1. The molecule has 0 radical (unpaired) electrons. The molecule has 3 rings (SSSR count). The number of nitrogens with zero attached hydrogens (tertiary/aromatic N) is 2. The number of ether oxygens (including phenoxy) is 1. The molecule has 0 atom stereocenters. The van der Waals surface area contributed by atoms with Crippen LogP contribution in [-0.2, 0) is 4.74 Å². The summed E-state index contributed by atoms with van der Waals surface area (Å²) in [7, 11) is 1.75. The Kier molecular flexibility index (Phi) is 5.35. The molecule has 1 aliphatic heterocycles. The van der Waals surface area contributed by atoms with E-state index in [0.29, 0.717) is 25.4 Å². The number of aromatic nitrogens is 2. The molecule has 0 bridgehead atoms. The maximum Gasteiger partial charge on any atom is 0.321 e. The Balaban J connectivity index is 1.64. The highest BCUT2D eigenvalue weighted by Gasteiger charge is 2.34. The highest BCUT2D eigenvalue weighted by Crippen LogP contribution is 2.31. The highest BCUT2D eigenvalue weighted by molar-refractivity contribution is 5.90. The van der Waals surface area contributed by atoms with Gasteiger partial charge in [0.15, 0.2) is 0 Å². The molecule has 1 saturated heterocycles. The van der Waals surface area contributed by atoms with Crippen LogP contribution in [0.2, 0.25) is 0 Å². The molecule has 7 heteroatoms. The van der Waals surface area contributed by atoms with E-state index in [-0.39, 0.29) is 18.1 Å². The zero-order valence-electron chi connectivity index (χ0n) is 14.4. The summed E-state index contributed by atoms with van der Waals surface area (Å²) in [5, 5.41) is 12.7. The topological polar surface area (TPSA) is 90.5 Å². The third-order valence-corrected chi connectivity index (χ3v) is 4.73. The number of imidazole rings is 1. The lowest BCUT2D eigenvalue weighted by Gasteiger charge is -2.38. The number of urea groups is 1. The van der Waals surface area contributed by atoms with Gasteiger partial charge in [-0.25, -0.2) is 9.78 Å². The Morgan fingerprint density at radius 3 is 2.92 bits per heavy atom. The first-order chi connectivity index (χ1) is 12.1. The van der Waals surface area contributed by atoms with Gasteiger partial charge in [0.05, 0.1) is 24.8 Å². The van der Waals surface area contributed by atoms with Crippen LogP contribution in [0.25, 0.3) is 11.3 Å². The van der Waals surface area contributed by atoms with Crippen LogP contribution in [-0.4, -0.2) is 59.4 Å². The predicted octanol–water partition coefficient (Wildman–Crippen LogP) is 2.33. The summed E-state index contributed by atoms with van der Waals surface area (Å²) >= 11 is 0. The highest BCUT2D eigenvalue weighted by atomic mass is 16.5. The molecule has 2 amide bonds. The molecule has 1 fully saturated rings. The molecule has 0 saturated carbocycles. The van der Waals surface area contributed by atoms with Crippen molar-refractivity contribution in [3.8, 4) is 11.3 Å².